The molecule has 0 spiro atoms. The van der Waals surface area contributed by atoms with Crippen LogP contribution in [0.1, 0.15) is 18.9 Å². The van der Waals surface area contributed by atoms with Crippen molar-refractivity contribution < 1.29 is 12.8 Å². The van der Waals surface area contributed by atoms with Crippen molar-refractivity contribution in [3.63, 3.8) is 0 Å². The van der Waals surface area contributed by atoms with Crippen molar-refractivity contribution >= 4 is 21.8 Å². The minimum absolute atomic E-state index is 0.0621. The molecular weight excluding hydrogens is 419 g/mol. The molecule has 168 valence electrons. The summed E-state index contributed by atoms with van der Waals surface area (Å²) in [7, 11) is -3.44. The van der Waals surface area contributed by atoms with E-state index in [-0.39, 0.29) is 30.7 Å². The number of nitrogens with one attached hydrogen (secondary N) is 3. The molecule has 10 heteroatoms. The lowest BCUT2D eigenvalue weighted by atomic mass is 10.2. The van der Waals surface area contributed by atoms with E-state index in [0.717, 1.165) is 12.0 Å². The Morgan fingerprint density at radius 2 is 2.06 bits per heavy atom. The first-order valence-corrected chi connectivity index (χ1v) is 12.0. The molecule has 1 saturated heterocycles. The van der Waals surface area contributed by atoms with Gasteiger partial charge < -0.3 is 15.5 Å². The van der Waals surface area contributed by atoms with Gasteiger partial charge in [-0.2, -0.15) is 0 Å². The monoisotopic (exact) mass is 448 g/mol. The number of aliphatic imine (C=N–C) groups is 1. The molecule has 1 unspecified atom stereocenters. The van der Waals surface area contributed by atoms with E-state index in [0.29, 0.717) is 31.4 Å². The minimum atomic E-state index is -3.44. The van der Waals surface area contributed by atoms with Crippen molar-refractivity contribution in [1.82, 2.24) is 20.3 Å². The number of aromatic nitrogens is 1. The van der Waals surface area contributed by atoms with E-state index in [9.17, 15) is 12.8 Å². The Morgan fingerprint density at radius 1 is 1.26 bits per heavy atom. The number of benzene rings is 1. The van der Waals surface area contributed by atoms with Gasteiger partial charge in [-0.15, -0.1) is 0 Å². The zero-order valence-electron chi connectivity index (χ0n) is 17.6. The third-order valence-electron chi connectivity index (χ3n) is 4.88. The third-order valence-corrected chi connectivity index (χ3v) is 6.19. The molecule has 0 saturated carbocycles. The van der Waals surface area contributed by atoms with Crippen LogP contribution in [0.15, 0.2) is 53.7 Å². The predicted octanol–water partition coefficient (Wildman–Crippen LogP) is 1.47. The van der Waals surface area contributed by atoms with Crippen molar-refractivity contribution in [3.05, 3.63) is 60.0 Å². The molecule has 0 radical (unpaired) electrons. The molecule has 1 aliphatic rings. The number of anilines is 1. The largest absolute Gasteiger partial charge is 0.357 e. The maximum absolute atomic E-state index is 14.0. The first-order chi connectivity index (χ1) is 15.0. The number of nitrogens with zero attached hydrogens (tertiary/aromatic N) is 3. The van der Waals surface area contributed by atoms with E-state index in [4.69, 9.17) is 0 Å². The lowest BCUT2D eigenvalue weighted by Crippen LogP contribution is -2.45. The van der Waals surface area contributed by atoms with Gasteiger partial charge in [-0.1, -0.05) is 30.3 Å². The number of hydrogen-bond acceptors (Lipinski definition) is 5. The van der Waals surface area contributed by atoms with Gasteiger partial charge >= 0.3 is 0 Å². The first-order valence-electron chi connectivity index (χ1n) is 10.4. The summed E-state index contributed by atoms with van der Waals surface area (Å²) in [5.41, 5.74) is 0.903. The Morgan fingerprint density at radius 3 is 2.81 bits per heavy atom. The number of guanidine groups is 1. The quantitative estimate of drug-likeness (QED) is 0.397. The van der Waals surface area contributed by atoms with Crippen LogP contribution in [0.4, 0.5) is 10.2 Å². The highest BCUT2D eigenvalue weighted by atomic mass is 32.2. The van der Waals surface area contributed by atoms with Crippen molar-refractivity contribution in [2.45, 2.75) is 25.9 Å². The molecule has 2 aromatic rings. The van der Waals surface area contributed by atoms with Gasteiger partial charge in [0.05, 0.1) is 12.3 Å². The molecule has 1 fully saturated rings. The van der Waals surface area contributed by atoms with Gasteiger partial charge in [-0.05, 0) is 31.0 Å². The fourth-order valence-corrected chi connectivity index (χ4v) is 4.20. The molecule has 0 amide bonds. The SMILES string of the molecule is CCNC(=NCCS(=O)(=O)NCc1ccccc1)NC1CCN(c2ncccc2F)C1. The normalized spacial score (nSPS) is 17.0. The molecule has 1 aliphatic heterocycles. The van der Waals surface area contributed by atoms with E-state index in [2.05, 4.69) is 25.3 Å². The molecule has 31 heavy (non-hydrogen) atoms. The van der Waals surface area contributed by atoms with Crippen LogP contribution in [0, 0.1) is 5.82 Å². The van der Waals surface area contributed by atoms with E-state index in [1.54, 1.807) is 12.3 Å². The predicted molar refractivity (Wildman–Crippen MR) is 121 cm³/mol. The Balaban J connectivity index is 1.50. The molecule has 8 nitrogen and oxygen atoms in total. The molecule has 1 aromatic carbocycles. The van der Waals surface area contributed by atoms with Gasteiger partial charge in [-0.25, -0.2) is 22.5 Å². The summed E-state index contributed by atoms with van der Waals surface area (Å²) in [6.07, 6.45) is 2.38. The first kappa shape index (κ1) is 23.0. The van der Waals surface area contributed by atoms with Crippen LogP contribution in [0.2, 0.25) is 0 Å². The van der Waals surface area contributed by atoms with Crippen molar-refractivity contribution in [1.29, 1.82) is 0 Å². The molecule has 1 aromatic heterocycles. The second-order valence-corrected chi connectivity index (χ2v) is 9.20. The van der Waals surface area contributed by atoms with Gasteiger partial charge in [0.15, 0.2) is 17.6 Å². The average Bonchev–Trinajstić information content (AvgIpc) is 3.22. The van der Waals surface area contributed by atoms with Gasteiger partial charge in [0.1, 0.15) is 0 Å². The van der Waals surface area contributed by atoms with E-state index in [1.807, 2.05) is 42.2 Å². The molecule has 0 aliphatic carbocycles. The van der Waals surface area contributed by atoms with E-state index < -0.39 is 10.0 Å². The standard InChI is InChI=1S/C21H29FN6O2S/c1-2-23-21(25-12-14-31(29,30)26-15-17-7-4-3-5-8-17)27-18-10-13-28(16-18)20-19(22)9-6-11-24-20/h3-9,11,18,26H,2,10,12-16H2,1H3,(H2,23,25,27). The number of halogens is 1. The lowest BCUT2D eigenvalue weighted by molar-refractivity contribution is 0.581. The zero-order valence-corrected chi connectivity index (χ0v) is 18.4. The van der Waals surface area contributed by atoms with Crippen molar-refractivity contribution in [2.24, 2.45) is 4.99 Å². The number of hydrogen-bond donors (Lipinski definition) is 3. The zero-order chi connectivity index (χ0) is 22.1. The molecule has 1 atom stereocenters. The smallest absolute Gasteiger partial charge is 0.213 e. The van der Waals surface area contributed by atoms with Crippen LogP contribution >= 0.6 is 0 Å². The Bertz CT molecular complexity index is 971. The molecule has 0 bridgehead atoms. The van der Waals surface area contributed by atoms with Crippen LogP contribution in [0.3, 0.4) is 0 Å². The molecule has 3 rings (SSSR count). The highest BCUT2D eigenvalue weighted by Crippen LogP contribution is 2.20. The summed E-state index contributed by atoms with van der Waals surface area (Å²) in [4.78, 5) is 10.4. The summed E-state index contributed by atoms with van der Waals surface area (Å²) in [5.74, 6) is 0.460. The van der Waals surface area contributed by atoms with Gasteiger partial charge in [0.2, 0.25) is 10.0 Å². The molecule has 3 N–H and O–H groups in total. The fraction of sp³-hybridized carbons (Fsp3) is 0.429. The van der Waals surface area contributed by atoms with Crippen molar-refractivity contribution in [2.75, 3.05) is 36.8 Å². The Labute approximate surface area is 183 Å². The third kappa shape index (κ3) is 7.18. The number of pyridine rings is 1. The fourth-order valence-electron chi connectivity index (χ4n) is 3.33. The van der Waals surface area contributed by atoms with Crippen LogP contribution in [0.5, 0.6) is 0 Å². The van der Waals surface area contributed by atoms with Gasteiger partial charge in [0, 0.05) is 38.4 Å². The Hall–Kier alpha value is -2.72. The number of rotatable bonds is 9. The van der Waals surface area contributed by atoms with Gasteiger partial charge in [-0.3, -0.25) is 4.99 Å². The van der Waals surface area contributed by atoms with Gasteiger partial charge in [0.25, 0.3) is 0 Å². The summed E-state index contributed by atoms with van der Waals surface area (Å²) in [6.45, 7) is 4.26. The molecule has 2 heterocycles. The minimum Gasteiger partial charge on any atom is -0.357 e. The van der Waals surface area contributed by atoms with Crippen LogP contribution in [-0.4, -0.2) is 57.3 Å². The summed E-state index contributed by atoms with van der Waals surface area (Å²) in [5, 5.41) is 6.45. The van der Waals surface area contributed by atoms with Crippen LogP contribution in [0.25, 0.3) is 0 Å². The lowest BCUT2D eigenvalue weighted by Gasteiger charge is -2.20. The maximum atomic E-state index is 14.0. The van der Waals surface area contributed by atoms with Crippen molar-refractivity contribution in [3.8, 4) is 0 Å². The average molecular weight is 449 g/mol. The van der Waals surface area contributed by atoms with E-state index in [1.165, 1.54) is 6.07 Å². The number of sulfonamides is 1. The summed E-state index contributed by atoms with van der Waals surface area (Å²) < 4.78 is 41.1. The second-order valence-electron chi connectivity index (χ2n) is 7.27. The summed E-state index contributed by atoms with van der Waals surface area (Å²) >= 11 is 0. The maximum Gasteiger partial charge on any atom is 0.213 e. The van der Waals surface area contributed by atoms with Crippen LogP contribution in [-0.2, 0) is 16.6 Å². The second kappa shape index (κ2) is 11.1. The van der Waals surface area contributed by atoms with E-state index >= 15 is 0 Å². The summed E-state index contributed by atoms with van der Waals surface area (Å²) in [6, 6.07) is 12.4. The highest BCUT2D eigenvalue weighted by molar-refractivity contribution is 7.89. The van der Waals surface area contributed by atoms with Crippen LogP contribution < -0.4 is 20.3 Å². The molecular formula is C21H29FN6O2S. The highest BCUT2D eigenvalue weighted by Gasteiger charge is 2.26. The Kier molecular flexibility index (Phi) is 8.19. The topological polar surface area (TPSA) is 98.7 Å².